The minimum Gasteiger partial charge on any atom is -0.396 e. The van der Waals surface area contributed by atoms with Crippen molar-refractivity contribution in [3.63, 3.8) is 0 Å². The van der Waals surface area contributed by atoms with Gasteiger partial charge in [0.05, 0.1) is 5.69 Å². The van der Waals surface area contributed by atoms with Crippen LogP contribution in [0, 0.1) is 5.82 Å². The van der Waals surface area contributed by atoms with Crippen LogP contribution in [0.5, 0.6) is 0 Å². The van der Waals surface area contributed by atoms with Crippen LogP contribution in [0.25, 0.3) is 6.08 Å². The Bertz CT molecular complexity index is 753. The smallest absolute Gasteiger partial charge is 0.123 e. The first kappa shape index (κ1) is 20.5. The highest BCUT2D eigenvalue weighted by atomic mass is 79.9. The second-order valence-electron chi connectivity index (χ2n) is 6.20. The fourth-order valence-electron chi connectivity index (χ4n) is 2.66. The number of aliphatic hydroxyl groups excluding tert-OH is 1. The standard InChI is InChI=1S/C22H25BrFNO/c1-2-17(6-4-3-5-13-26)14-19-15-20(23)9-12-22(19)25-16-18-7-10-21(24)11-8-18/h7-12,14-16,26H,2-6,13H2,1H3/b17-14+,25-16?. The molecule has 0 radical (unpaired) electrons. The van der Waals surface area contributed by atoms with E-state index in [0.717, 1.165) is 53.4 Å². The van der Waals surface area contributed by atoms with E-state index in [1.165, 1.54) is 17.7 Å². The third-order valence-corrected chi connectivity index (χ3v) is 4.68. The Morgan fingerprint density at radius 1 is 1.12 bits per heavy atom. The van der Waals surface area contributed by atoms with Crippen molar-refractivity contribution >= 4 is 33.9 Å². The molecule has 2 aromatic rings. The zero-order valence-corrected chi connectivity index (χ0v) is 16.7. The van der Waals surface area contributed by atoms with Gasteiger partial charge in [-0.2, -0.15) is 0 Å². The van der Waals surface area contributed by atoms with Gasteiger partial charge in [0.25, 0.3) is 0 Å². The van der Waals surface area contributed by atoms with Crippen LogP contribution < -0.4 is 0 Å². The van der Waals surface area contributed by atoms with E-state index in [1.54, 1.807) is 18.3 Å². The molecule has 0 aromatic heterocycles. The highest BCUT2D eigenvalue weighted by Crippen LogP contribution is 2.28. The predicted molar refractivity (Wildman–Crippen MR) is 112 cm³/mol. The third kappa shape index (κ3) is 6.85. The van der Waals surface area contributed by atoms with Gasteiger partial charge in [0, 0.05) is 22.9 Å². The van der Waals surface area contributed by atoms with E-state index in [9.17, 15) is 4.39 Å². The van der Waals surface area contributed by atoms with E-state index in [0.29, 0.717) is 0 Å². The number of allylic oxidation sites excluding steroid dienone is 1. The molecule has 2 nitrogen and oxygen atoms in total. The molecular weight excluding hydrogens is 393 g/mol. The molecule has 0 saturated heterocycles. The first-order chi connectivity index (χ1) is 12.6. The number of unbranched alkanes of at least 4 members (excludes halogenated alkanes) is 2. The number of benzene rings is 2. The van der Waals surface area contributed by atoms with Crippen LogP contribution in [0.15, 0.2) is 57.5 Å². The fraction of sp³-hybridized carbons (Fsp3) is 0.318. The highest BCUT2D eigenvalue weighted by Gasteiger charge is 2.03. The SMILES string of the molecule is CC/C(=C\c1cc(Br)ccc1N=Cc1ccc(F)cc1)CCCCCO. The lowest BCUT2D eigenvalue weighted by molar-refractivity contribution is 0.283. The lowest BCUT2D eigenvalue weighted by Crippen LogP contribution is -1.88. The van der Waals surface area contributed by atoms with Crippen LogP contribution in [0.1, 0.15) is 50.2 Å². The van der Waals surface area contributed by atoms with Crippen molar-refractivity contribution in [1.29, 1.82) is 0 Å². The van der Waals surface area contributed by atoms with Crippen molar-refractivity contribution in [2.45, 2.75) is 39.0 Å². The van der Waals surface area contributed by atoms with Crippen molar-refractivity contribution in [2.75, 3.05) is 6.61 Å². The summed E-state index contributed by atoms with van der Waals surface area (Å²) in [5.41, 5.74) is 4.19. The molecule has 26 heavy (non-hydrogen) atoms. The molecule has 0 aliphatic heterocycles. The Morgan fingerprint density at radius 3 is 2.58 bits per heavy atom. The van der Waals surface area contributed by atoms with E-state index >= 15 is 0 Å². The lowest BCUT2D eigenvalue weighted by Gasteiger charge is -2.08. The maximum absolute atomic E-state index is 13.0. The van der Waals surface area contributed by atoms with Crippen molar-refractivity contribution in [3.8, 4) is 0 Å². The zero-order valence-electron chi connectivity index (χ0n) is 15.1. The first-order valence-corrected chi connectivity index (χ1v) is 9.81. The summed E-state index contributed by atoms with van der Waals surface area (Å²) in [5, 5.41) is 8.90. The lowest BCUT2D eigenvalue weighted by atomic mass is 10.0. The van der Waals surface area contributed by atoms with Gasteiger partial charge in [0.2, 0.25) is 0 Å². The average Bonchev–Trinajstić information content (AvgIpc) is 2.65. The zero-order chi connectivity index (χ0) is 18.8. The Balaban J connectivity index is 2.20. The second-order valence-corrected chi connectivity index (χ2v) is 7.12. The number of aliphatic imine (C=N–C) groups is 1. The summed E-state index contributed by atoms with van der Waals surface area (Å²) in [5.74, 6) is -0.247. The molecule has 1 N–H and O–H groups in total. The van der Waals surface area contributed by atoms with Crippen molar-refractivity contribution in [3.05, 3.63) is 69.5 Å². The van der Waals surface area contributed by atoms with Gasteiger partial charge in [0.15, 0.2) is 0 Å². The molecule has 2 rings (SSSR count). The average molecular weight is 418 g/mol. The Morgan fingerprint density at radius 2 is 1.88 bits per heavy atom. The maximum atomic E-state index is 13.0. The van der Waals surface area contributed by atoms with Crippen molar-refractivity contribution in [1.82, 2.24) is 0 Å². The maximum Gasteiger partial charge on any atom is 0.123 e. The molecule has 0 atom stereocenters. The third-order valence-electron chi connectivity index (χ3n) is 4.18. The van der Waals surface area contributed by atoms with E-state index in [1.807, 2.05) is 12.1 Å². The molecule has 0 heterocycles. The molecule has 0 aliphatic carbocycles. The molecule has 0 fully saturated rings. The molecule has 0 spiro atoms. The van der Waals surface area contributed by atoms with Crippen LogP contribution >= 0.6 is 15.9 Å². The van der Waals surface area contributed by atoms with Gasteiger partial charge in [-0.05, 0) is 61.6 Å². The second kappa shape index (κ2) is 11.0. The molecule has 0 amide bonds. The predicted octanol–water partition coefficient (Wildman–Crippen LogP) is 6.68. The van der Waals surface area contributed by atoms with Crippen LogP contribution in [-0.2, 0) is 0 Å². The van der Waals surface area contributed by atoms with Gasteiger partial charge in [0.1, 0.15) is 5.82 Å². The minimum atomic E-state index is -0.247. The topological polar surface area (TPSA) is 32.6 Å². The normalized spacial score (nSPS) is 12.1. The van der Waals surface area contributed by atoms with Gasteiger partial charge in [-0.15, -0.1) is 0 Å². The van der Waals surface area contributed by atoms with E-state index in [2.05, 4.69) is 40.0 Å². The van der Waals surface area contributed by atoms with E-state index < -0.39 is 0 Å². The summed E-state index contributed by atoms with van der Waals surface area (Å²) in [4.78, 5) is 4.60. The number of nitrogens with zero attached hydrogens (tertiary/aromatic N) is 1. The number of halogens is 2. The monoisotopic (exact) mass is 417 g/mol. The van der Waals surface area contributed by atoms with Gasteiger partial charge >= 0.3 is 0 Å². The Hall–Kier alpha value is -1.78. The molecule has 0 bridgehead atoms. The van der Waals surface area contributed by atoms with Crippen LogP contribution in [0.2, 0.25) is 0 Å². The van der Waals surface area contributed by atoms with Crippen LogP contribution in [0.4, 0.5) is 10.1 Å². The van der Waals surface area contributed by atoms with Gasteiger partial charge in [-0.25, -0.2) is 4.39 Å². The van der Waals surface area contributed by atoms with Crippen LogP contribution in [-0.4, -0.2) is 17.9 Å². The van der Waals surface area contributed by atoms with Crippen molar-refractivity contribution < 1.29 is 9.50 Å². The molecule has 4 heteroatoms. The van der Waals surface area contributed by atoms with Crippen molar-refractivity contribution in [2.24, 2.45) is 4.99 Å². The number of hydrogen-bond acceptors (Lipinski definition) is 2. The molecule has 0 aliphatic rings. The summed E-state index contributed by atoms with van der Waals surface area (Å²) in [6.45, 7) is 2.43. The molecule has 0 saturated carbocycles. The van der Waals surface area contributed by atoms with Gasteiger partial charge < -0.3 is 5.11 Å². The fourth-order valence-corrected chi connectivity index (χ4v) is 3.04. The van der Waals surface area contributed by atoms with Crippen LogP contribution in [0.3, 0.4) is 0 Å². The molecular formula is C22H25BrFNO. The quantitative estimate of drug-likeness (QED) is 0.357. The number of rotatable bonds is 9. The molecule has 2 aromatic carbocycles. The molecule has 138 valence electrons. The summed E-state index contributed by atoms with van der Waals surface area (Å²) in [6.07, 6.45) is 8.98. The Kier molecular flexibility index (Phi) is 8.72. The van der Waals surface area contributed by atoms with E-state index in [-0.39, 0.29) is 12.4 Å². The summed E-state index contributed by atoms with van der Waals surface area (Å²) in [7, 11) is 0. The summed E-state index contributed by atoms with van der Waals surface area (Å²) in [6, 6.07) is 12.3. The summed E-state index contributed by atoms with van der Waals surface area (Å²) < 4.78 is 14.0. The minimum absolute atomic E-state index is 0.247. The van der Waals surface area contributed by atoms with E-state index in [4.69, 9.17) is 5.11 Å². The summed E-state index contributed by atoms with van der Waals surface area (Å²) >= 11 is 3.53. The van der Waals surface area contributed by atoms with Gasteiger partial charge in [-0.3, -0.25) is 4.99 Å². The largest absolute Gasteiger partial charge is 0.396 e. The Labute approximate surface area is 163 Å². The first-order valence-electron chi connectivity index (χ1n) is 9.02. The number of hydrogen-bond donors (Lipinski definition) is 1. The number of aliphatic hydroxyl groups is 1. The highest BCUT2D eigenvalue weighted by molar-refractivity contribution is 9.10. The molecule has 0 unspecified atom stereocenters. The van der Waals surface area contributed by atoms with Gasteiger partial charge in [-0.1, -0.05) is 53.1 Å².